The van der Waals surface area contributed by atoms with Gasteiger partial charge in [0.05, 0.1) is 17.5 Å². The molecule has 174 valence electrons. The highest BCUT2D eigenvalue weighted by Gasteiger charge is 2.29. The average Bonchev–Trinajstić information content (AvgIpc) is 3.62. The molecule has 2 aromatic heterocycles. The van der Waals surface area contributed by atoms with Crippen molar-refractivity contribution in [2.45, 2.75) is 70.4 Å². The van der Waals surface area contributed by atoms with Crippen molar-refractivity contribution in [2.24, 2.45) is 5.92 Å². The summed E-state index contributed by atoms with van der Waals surface area (Å²) >= 11 is 0. The lowest BCUT2D eigenvalue weighted by atomic mass is 9.93. The molecule has 2 aliphatic carbocycles. The number of benzene rings is 1. The summed E-state index contributed by atoms with van der Waals surface area (Å²) in [6.45, 7) is 3.00. The van der Waals surface area contributed by atoms with Crippen molar-refractivity contribution in [3.05, 3.63) is 30.5 Å². The van der Waals surface area contributed by atoms with Gasteiger partial charge in [-0.1, -0.05) is 25.5 Å². The Kier molecular flexibility index (Phi) is 6.26. The van der Waals surface area contributed by atoms with E-state index in [2.05, 4.69) is 22.5 Å². The Morgan fingerprint density at radius 2 is 1.88 bits per heavy atom. The van der Waals surface area contributed by atoms with E-state index in [4.69, 9.17) is 10.1 Å². The van der Waals surface area contributed by atoms with Crippen LogP contribution in [0.25, 0.3) is 22.3 Å². The molecule has 3 N–H and O–H groups in total. The second-order valence-corrected chi connectivity index (χ2v) is 9.31. The molecule has 5 rings (SSSR count). The molecule has 2 saturated carbocycles. The molecule has 0 aliphatic heterocycles. The van der Waals surface area contributed by atoms with Gasteiger partial charge in [0, 0.05) is 29.9 Å². The molecule has 1 amide bonds. The first kappa shape index (κ1) is 21.8. The lowest BCUT2D eigenvalue weighted by molar-refractivity contribution is -0.117. The summed E-state index contributed by atoms with van der Waals surface area (Å²) in [7, 11) is 0. The second kappa shape index (κ2) is 9.47. The number of hydrogen-bond acceptors (Lipinski definition) is 6. The Morgan fingerprint density at radius 1 is 1.12 bits per heavy atom. The third-order valence-corrected chi connectivity index (χ3v) is 6.65. The summed E-state index contributed by atoms with van der Waals surface area (Å²) in [4.78, 5) is 21.4. The predicted octanol–water partition coefficient (Wildman–Crippen LogP) is 4.53. The summed E-state index contributed by atoms with van der Waals surface area (Å²) < 4.78 is 2.03. The zero-order valence-corrected chi connectivity index (χ0v) is 19.1. The van der Waals surface area contributed by atoms with E-state index in [0.717, 1.165) is 85.9 Å². The highest BCUT2D eigenvalue weighted by atomic mass is 16.3. The van der Waals surface area contributed by atoms with Crippen molar-refractivity contribution in [1.82, 2.24) is 19.7 Å². The summed E-state index contributed by atoms with van der Waals surface area (Å²) in [6, 6.07) is 8.05. The minimum Gasteiger partial charge on any atom is -0.393 e. The topological polar surface area (TPSA) is 105 Å². The van der Waals surface area contributed by atoms with Crippen LogP contribution in [0.4, 0.5) is 11.6 Å². The zero-order valence-electron chi connectivity index (χ0n) is 19.1. The molecule has 0 atom stereocenters. The molecule has 0 radical (unpaired) electrons. The first-order valence-corrected chi connectivity index (χ1v) is 12.2. The Hall–Kier alpha value is -3.00. The molecule has 33 heavy (non-hydrogen) atoms. The molecule has 8 nitrogen and oxygen atoms in total. The fraction of sp³-hybridized carbons (Fsp3) is 0.520. The lowest BCUT2D eigenvalue weighted by Gasteiger charge is -2.25. The molecule has 1 aromatic carbocycles. The van der Waals surface area contributed by atoms with Crippen LogP contribution >= 0.6 is 0 Å². The quantitative estimate of drug-likeness (QED) is 0.437. The van der Waals surface area contributed by atoms with Crippen LogP contribution in [-0.2, 0) is 4.79 Å². The number of amides is 1. The molecule has 8 heteroatoms. The van der Waals surface area contributed by atoms with E-state index in [0.29, 0.717) is 5.95 Å². The monoisotopic (exact) mass is 448 g/mol. The van der Waals surface area contributed by atoms with Crippen molar-refractivity contribution < 1.29 is 9.90 Å². The van der Waals surface area contributed by atoms with E-state index in [-0.39, 0.29) is 24.0 Å². The van der Waals surface area contributed by atoms with Crippen LogP contribution < -0.4 is 10.6 Å². The SMILES string of the molecule is CCCCNc1ncc2c(-c3ccc(NC(=O)C4CC4)cc3)nn([C@H]3CC[C@H](O)CC3)c2n1. The number of carbonyl (C=O) groups excluding carboxylic acids is 1. The standard InChI is InChI=1S/C25H32N6O2/c1-2-3-14-26-25-27-15-21-22(16-6-8-18(9-7-16)28-24(33)17-4-5-17)30-31(23(21)29-25)19-10-12-20(32)13-11-19/h6-9,15,17,19-20,32H,2-5,10-14H2,1H3,(H,28,33)(H,26,27,29)/t19-,20-. The van der Waals surface area contributed by atoms with Gasteiger partial charge in [0.15, 0.2) is 5.65 Å². The highest BCUT2D eigenvalue weighted by molar-refractivity contribution is 5.95. The molecule has 0 saturated heterocycles. The largest absolute Gasteiger partial charge is 0.393 e. The highest BCUT2D eigenvalue weighted by Crippen LogP contribution is 2.35. The van der Waals surface area contributed by atoms with Gasteiger partial charge in [0.1, 0.15) is 5.69 Å². The Balaban J connectivity index is 1.46. The maximum absolute atomic E-state index is 12.1. The fourth-order valence-electron chi connectivity index (χ4n) is 4.46. The molecule has 2 fully saturated rings. The maximum atomic E-state index is 12.1. The Morgan fingerprint density at radius 3 is 2.58 bits per heavy atom. The van der Waals surface area contributed by atoms with E-state index >= 15 is 0 Å². The second-order valence-electron chi connectivity index (χ2n) is 9.31. The summed E-state index contributed by atoms with van der Waals surface area (Å²) in [5.74, 6) is 0.904. The summed E-state index contributed by atoms with van der Waals surface area (Å²) in [6.07, 6.45) is 9.11. The van der Waals surface area contributed by atoms with Crippen molar-refractivity contribution in [3.63, 3.8) is 0 Å². The smallest absolute Gasteiger partial charge is 0.227 e. The number of aromatic nitrogens is 4. The number of carbonyl (C=O) groups is 1. The fourth-order valence-corrected chi connectivity index (χ4v) is 4.46. The number of anilines is 2. The van der Waals surface area contributed by atoms with E-state index < -0.39 is 0 Å². The number of fused-ring (bicyclic) bond motifs is 1. The minimum atomic E-state index is -0.221. The van der Waals surface area contributed by atoms with Gasteiger partial charge in [-0.05, 0) is 57.1 Å². The number of rotatable bonds is 8. The third kappa shape index (κ3) is 4.85. The normalized spacial score (nSPS) is 20.7. The molecule has 0 spiro atoms. The van der Waals surface area contributed by atoms with Gasteiger partial charge in [-0.3, -0.25) is 4.79 Å². The van der Waals surface area contributed by atoms with Gasteiger partial charge in [-0.2, -0.15) is 10.1 Å². The number of nitrogens with zero attached hydrogens (tertiary/aromatic N) is 4. The van der Waals surface area contributed by atoms with E-state index in [9.17, 15) is 9.90 Å². The van der Waals surface area contributed by atoms with Crippen LogP contribution in [0.15, 0.2) is 30.5 Å². The molecular formula is C25H32N6O2. The summed E-state index contributed by atoms with van der Waals surface area (Å²) in [5, 5.41) is 22.2. The van der Waals surface area contributed by atoms with Gasteiger partial charge in [-0.25, -0.2) is 9.67 Å². The number of unbranched alkanes of at least 4 members (excludes halogenated alkanes) is 1. The molecule has 0 unspecified atom stereocenters. The van der Waals surface area contributed by atoms with Gasteiger partial charge >= 0.3 is 0 Å². The first-order chi connectivity index (χ1) is 16.1. The number of nitrogens with one attached hydrogen (secondary N) is 2. The van der Waals surface area contributed by atoms with Gasteiger partial charge in [-0.15, -0.1) is 0 Å². The number of hydrogen-bond donors (Lipinski definition) is 3. The molecule has 0 bridgehead atoms. The van der Waals surface area contributed by atoms with Crippen LogP contribution in [0.1, 0.15) is 64.3 Å². The number of aliphatic hydroxyl groups excluding tert-OH is 1. The summed E-state index contributed by atoms with van der Waals surface area (Å²) in [5.41, 5.74) is 3.44. The Labute approximate surface area is 193 Å². The Bertz CT molecular complexity index is 1110. The van der Waals surface area contributed by atoms with E-state index in [1.807, 2.05) is 35.1 Å². The lowest BCUT2D eigenvalue weighted by Crippen LogP contribution is -2.22. The number of aliphatic hydroxyl groups is 1. The van der Waals surface area contributed by atoms with Crippen LogP contribution in [0.2, 0.25) is 0 Å². The van der Waals surface area contributed by atoms with Crippen LogP contribution in [0.5, 0.6) is 0 Å². The molecule has 3 aromatic rings. The van der Waals surface area contributed by atoms with E-state index in [1.54, 1.807) is 0 Å². The maximum Gasteiger partial charge on any atom is 0.227 e. The van der Waals surface area contributed by atoms with Crippen molar-refractivity contribution in [3.8, 4) is 11.3 Å². The van der Waals surface area contributed by atoms with E-state index in [1.165, 1.54) is 0 Å². The van der Waals surface area contributed by atoms with Crippen LogP contribution in [0, 0.1) is 5.92 Å². The first-order valence-electron chi connectivity index (χ1n) is 12.2. The van der Waals surface area contributed by atoms with Crippen molar-refractivity contribution >= 4 is 28.6 Å². The van der Waals surface area contributed by atoms with Crippen LogP contribution in [0.3, 0.4) is 0 Å². The molecule has 2 aliphatic rings. The zero-order chi connectivity index (χ0) is 22.8. The van der Waals surface area contributed by atoms with Gasteiger partial charge < -0.3 is 15.7 Å². The minimum absolute atomic E-state index is 0.105. The van der Waals surface area contributed by atoms with Crippen molar-refractivity contribution in [1.29, 1.82) is 0 Å². The van der Waals surface area contributed by atoms with Gasteiger partial charge in [0.25, 0.3) is 0 Å². The van der Waals surface area contributed by atoms with Crippen LogP contribution in [-0.4, -0.2) is 43.4 Å². The predicted molar refractivity (Wildman–Crippen MR) is 129 cm³/mol. The van der Waals surface area contributed by atoms with Crippen molar-refractivity contribution in [2.75, 3.05) is 17.2 Å². The molecular weight excluding hydrogens is 416 g/mol. The molecule has 2 heterocycles. The third-order valence-electron chi connectivity index (χ3n) is 6.65. The average molecular weight is 449 g/mol. The van der Waals surface area contributed by atoms with Gasteiger partial charge in [0.2, 0.25) is 11.9 Å².